The van der Waals surface area contributed by atoms with E-state index in [1.165, 1.54) is 0 Å². The molecule has 0 aliphatic heterocycles. The standard InChI is InChI=1S/C13H17N5O2/c1-3-20-9-6-4-8(5-7-9)16-13(19)10-11(14)17-18-12(10)15-2/h4-7H,3H2,1-2H3,(H,16,19)(H4,14,15,17,18). The molecule has 0 unspecified atom stereocenters. The van der Waals surface area contributed by atoms with Crippen LogP contribution in [0.1, 0.15) is 17.3 Å². The number of H-pyrrole nitrogens is 1. The third kappa shape index (κ3) is 2.82. The molecule has 7 heteroatoms. The first-order valence-corrected chi connectivity index (χ1v) is 6.21. The third-order valence-corrected chi connectivity index (χ3v) is 2.68. The normalized spacial score (nSPS) is 10.1. The molecule has 1 amide bonds. The highest BCUT2D eigenvalue weighted by Gasteiger charge is 2.18. The van der Waals surface area contributed by atoms with E-state index in [1.807, 2.05) is 6.92 Å². The lowest BCUT2D eigenvalue weighted by atomic mass is 10.2. The number of aromatic amines is 1. The molecule has 7 nitrogen and oxygen atoms in total. The zero-order valence-electron chi connectivity index (χ0n) is 11.4. The first kappa shape index (κ1) is 13.7. The van der Waals surface area contributed by atoms with E-state index < -0.39 is 0 Å². The van der Waals surface area contributed by atoms with E-state index in [2.05, 4.69) is 20.8 Å². The van der Waals surface area contributed by atoms with Gasteiger partial charge < -0.3 is 21.1 Å². The second kappa shape index (κ2) is 5.96. The summed E-state index contributed by atoms with van der Waals surface area (Å²) in [4.78, 5) is 12.2. The maximum absolute atomic E-state index is 12.2. The maximum atomic E-state index is 12.2. The fourth-order valence-electron chi connectivity index (χ4n) is 1.76. The highest BCUT2D eigenvalue weighted by atomic mass is 16.5. The molecule has 1 heterocycles. The van der Waals surface area contributed by atoms with Crippen molar-refractivity contribution in [1.29, 1.82) is 0 Å². The fourth-order valence-corrected chi connectivity index (χ4v) is 1.76. The Labute approximate surface area is 116 Å². The van der Waals surface area contributed by atoms with Crippen LogP contribution in [0.2, 0.25) is 0 Å². The van der Waals surface area contributed by atoms with E-state index in [0.29, 0.717) is 23.7 Å². The summed E-state index contributed by atoms with van der Waals surface area (Å²) in [6.07, 6.45) is 0. The molecule has 0 bridgehead atoms. The first-order chi connectivity index (χ1) is 9.65. The van der Waals surface area contributed by atoms with Gasteiger partial charge in [-0.1, -0.05) is 0 Å². The molecule has 5 N–H and O–H groups in total. The molecule has 0 spiro atoms. The molecular weight excluding hydrogens is 258 g/mol. The minimum atomic E-state index is -0.329. The summed E-state index contributed by atoms with van der Waals surface area (Å²) in [6, 6.07) is 7.10. The van der Waals surface area contributed by atoms with E-state index in [0.717, 1.165) is 5.75 Å². The molecule has 1 aromatic carbocycles. The fraction of sp³-hybridized carbons (Fsp3) is 0.231. The monoisotopic (exact) mass is 275 g/mol. The number of carbonyl (C=O) groups excluding carboxylic acids is 1. The van der Waals surface area contributed by atoms with E-state index in [1.54, 1.807) is 31.3 Å². The van der Waals surface area contributed by atoms with Crippen molar-refractivity contribution in [1.82, 2.24) is 10.2 Å². The number of nitrogens with zero attached hydrogens (tertiary/aromatic N) is 1. The SMILES string of the molecule is CCOc1ccc(NC(=O)c2c(NC)n[nH]c2N)cc1. The molecular formula is C13H17N5O2. The van der Waals surface area contributed by atoms with Gasteiger partial charge in [-0.15, -0.1) is 0 Å². The molecule has 1 aromatic heterocycles. The number of rotatable bonds is 5. The molecule has 0 aliphatic carbocycles. The predicted octanol–water partition coefficient (Wildman–Crippen LogP) is 1.68. The molecule has 0 aliphatic rings. The Kier molecular flexibility index (Phi) is 4.09. The van der Waals surface area contributed by atoms with Gasteiger partial charge in [0.05, 0.1) is 6.61 Å². The second-order valence-electron chi connectivity index (χ2n) is 4.02. The lowest BCUT2D eigenvalue weighted by Crippen LogP contribution is -2.14. The van der Waals surface area contributed by atoms with Gasteiger partial charge in [0.2, 0.25) is 0 Å². The van der Waals surface area contributed by atoms with Crippen molar-refractivity contribution in [3.05, 3.63) is 29.8 Å². The predicted molar refractivity (Wildman–Crippen MR) is 78.1 cm³/mol. The van der Waals surface area contributed by atoms with Crippen LogP contribution >= 0.6 is 0 Å². The quantitative estimate of drug-likeness (QED) is 0.664. The van der Waals surface area contributed by atoms with Gasteiger partial charge in [0, 0.05) is 12.7 Å². The molecule has 0 saturated carbocycles. The molecule has 2 rings (SSSR count). The van der Waals surface area contributed by atoms with Crippen molar-refractivity contribution < 1.29 is 9.53 Å². The van der Waals surface area contributed by atoms with Crippen molar-refractivity contribution in [2.45, 2.75) is 6.92 Å². The molecule has 0 saturated heterocycles. The Morgan fingerprint density at radius 2 is 2.10 bits per heavy atom. The van der Waals surface area contributed by atoms with Crippen LogP contribution in [0.4, 0.5) is 17.3 Å². The third-order valence-electron chi connectivity index (χ3n) is 2.68. The number of nitrogens with two attached hydrogens (primary N) is 1. The van der Waals surface area contributed by atoms with Gasteiger partial charge in [-0.05, 0) is 31.2 Å². The summed E-state index contributed by atoms with van der Waals surface area (Å²) in [5.74, 6) is 1.05. The van der Waals surface area contributed by atoms with Gasteiger partial charge in [-0.3, -0.25) is 9.89 Å². The smallest absolute Gasteiger partial charge is 0.263 e. The van der Waals surface area contributed by atoms with Crippen LogP contribution in [-0.2, 0) is 0 Å². The minimum Gasteiger partial charge on any atom is -0.494 e. The van der Waals surface area contributed by atoms with Crippen LogP contribution in [0.25, 0.3) is 0 Å². The molecule has 0 fully saturated rings. The van der Waals surface area contributed by atoms with Gasteiger partial charge >= 0.3 is 0 Å². The lowest BCUT2D eigenvalue weighted by Gasteiger charge is -2.07. The first-order valence-electron chi connectivity index (χ1n) is 6.21. The number of aromatic nitrogens is 2. The van der Waals surface area contributed by atoms with Crippen LogP contribution in [0.3, 0.4) is 0 Å². The Morgan fingerprint density at radius 3 is 2.70 bits per heavy atom. The van der Waals surface area contributed by atoms with Crippen molar-refractivity contribution in [3.8, 4) is 5.75 Å². The van der Waals surface area contributed by atoms with Gasteiger partial charge in [0.1, 0.15) is 17.1 Å². The van der Waals surface area contributed by atoms with Gasteiger partial charge in [0.25, 0.3) is 5.91 Å². The summed E-state index contributed by atoms with van der Waals surface area (Å²) >= 11 is 0. The van der Waals surface area contributed by atoms with Gasteiger partial charge in [-0.25, -0.2) is 0 Å². The van der Waals surface area contributed by atoms with E-state index in [-0.39, 0.29) is 11.7 Å². The van der Waals surface area contributed by atoms with Crippen molar-refractivity contribution in [3.63, 3.8) is 0 Å². The Balaban J connectivity index is 2.13. The molecule has 2 aromatic rings. The van der Waals surface area contributed by atoms with Crippen molar-refractivity contribution >= 4 is 23.2 Å². The molecule has 0 atom stereocenters. The minimum absolute atomic E-state index is 0.220. The average Bonchev–Trinajstić information content (AvgIpc) is 2.82. The van der Waals surface area contributed by atoms with Crippen LogP contribution in [0.5, 0.6) is 5.75 Å². The summed E-state index contributed by atoms with van der Waals surface area (Å²) < 4.78 is 5.34. The van der Waals surface area contributed by atoms with Crippen LogP contribution < -0.4 is 21.1 Å². The van der Waals surface area contributed by atoms with Crippen LogP contribution in [-0.4, -0.2) is 29.8 Å². The van der Waals surface area contributed by atoms with Crippen LogP contribution in [0, 0.1) is 0 Å². The largest absolute Gasteiger partial charge is 0.494 e. The van der Waals surface area contributed by atoms with Gasteiger partial charge in [0.15, 0.2) is 5.82 Å². The highest BCUT2D eigenvalue weighted by Crippen LogP contribution is 2.21. The van der Waals surface area contributed by atoms with E-state index in [9.17, 15) is 4.79 Å². The summed E-state index contributed by atoms with van der Waals surface area (Å²) in [6.45, 7) is 2.51. The number of anilines is 3. The Hall–Kier alpha value is -2.70. The Morgan fingerprint density at radius 1 is 1.40 bits per heavy atom. The van der Waals surface area contributed by atoms with Crippen molar-refractivity contribution in [2.75, 3.05) is 30.0 Å². The molecule has 20 heavy (non-hydrogen) atoms. The summed E-state index contributed by atoms with van der Waals surface area (Å²) in [5.41, 5.74) is 6.64. The number of nitrogens with one attached hydrogen (secondary N) is 3. The number of amides is 1. The number of ether oxygens (including phenoxy) is 1. The number of nitrogen functional groups attached to an aromatic ring is 1. The van der Waals surface area contributed by atoms with Crippen molar-refractivity contribution in [2.24, 2.45) is 0 Å². The van der Waals surface area contributed by atoms with Gasteiger partial charge in [-0.2, -0.15) is 5.10 Å². The average molecular weight is 275 g/mol. The number of carbonyl (C=O) groups is 1. The zero-order valence-corrected chi connectivity index (χ0v) is 11.4. The summed E-state index contributed by atoms with van der Waals surface area (Å²) in [5, 5.41) is 12.0. The molecule has 0 radical (unpaired) electrons. The number of hydrogen-bond acceptors (Lipinski definition) is 5. The maximum Gasteiger partial charge on any atom is 0.263 e. The highest BCUT2D eigenvalue weighted by molar-refractivity contribution is 6.10. The topological polar surface area (TPSA) is 105 Å². The Bertz CT molecular complexity index is 591. The lowest BCUT2D eigenvalue weighted by molar-refractivity contribution is 0.102. The number of benzene rings is 1. The second-order valence-corrected chi connectivity index (χ2v) is 4.02. The van der Waals surface area contributed by atoms with E-state index >= 15 is 0 Å². The summed E-state index contributed by atoms with van der Waals surface area (Å²) in [7, 11) is 1.67. The van der Waals surface area contributed by atoms with Crippen LogP contribution in [0.15, 0.2) is 24.3 Å². The zero-order chi connectivity index (χ0) is 14.5. The number of hydrogen-bond donors (Lipinski definition) is 4. The van der Waals surface area contributed by atoms with E-state index in [4.69, 9.17) is 10.5 Å². The molecule has 106 valence electrons.